The Bertz CT molecular complexity index is 920. The van der Waals surface area contributed by atoms with Gasteiger partial charge in [0.15, 0.2) is 0 Å². The number of H-pyrrole nitrogens is 1. The number of hydrogen-bond donors (Lipinski definition) is 1. The maximum atomic E-state index is 10.4. The van der Waals surface area contributed by atoms with Gasteiger partial charge in [-0.15, -0.1) is 0 Å². The van der Waals surface area contributed by atoms with Crippen molar-refractivity contribution >= 4 is 23.5 Å². The normalized spacial score (nSPS) is 18.4. The second kappa shape index (κ2) is 9.52. The van der Waals surface area contributed by atoms with Crippen LogP contribution < -0.4 is 9.80 Å². The zero-order valence-electron chi connectivity index (χ0n) is 18.4. The molecule has 2 aromatic heterocycles. The zero-order valence-corrected chi connectivity index (χ0v) is 18.4. The van der Waals surface area contributed by atoms with Gasteiger partial charge >= 0.3 is 0 Å². The van der Waals surface area contributed by atoms with E-state index in [1.807, 2.05) is 12.1 Å². The molecular formula is C24H32N6O. The summed E-state index contributed by atoms with van der Waals surface area (Å²) in [6, 6.07) is 6.83. The van der Waals surface area contributed by atoms with Crippen LogP contribution in [0.4, 0.5) is 17.5 Å². The number of aromatic nitrogens is 3. The van der Waals surface area contributed by atoms with E-state index in [1.165, 1.54) is 6.42 Å². The second-order valence-electron chi connectivity index (χ2n) is 8.42. The first-order valence-electron chi connectivity index (χ1n) is 11.4. The fourth-order valence-electron chi connectivity index (χ4n) is 4.85. The Balaban J connectivity index is 1.92. The van der Waals surface area contributed by atoms with E-state index in [4.69, 9.17) is 9.72 Å². The van der Waals surface area contributed by atoms with Crippen LogP contribution in [0.2, 0.25) is 0 Å². The molecule has 0 bridgehead atoms. The van der Waals surface area contributed by atoms with Crippen molar-refractivity contribution in [3.8, 4) is 6.07 Å². The van der Waals surface area contributed by atoms with Crippen LogP contribution >= 0.6 is 0 Å². The minimum absolute atomic E-state index is 0.494. The number of anilines is 3. The maximum absolute atomic E-state index is 10.4. The molecule has 0 spiro atoms. The molecule has 7 heteroatoms. The highest BCUT2D eigenvalue weighted by atomic mass is 16.5. The number of ether oxygens (including phenoxy) is 1. The summed E-state index contributed by atoms with van der Waals surface area (Å²) < 4.78 is 5.57. The van der Waals surface area contributed by atoms with Crippen LogP contribution in [0.1, 0.15) is 56.6 Å². The predicted molar refractivity (Wildman–Crippen MR) is 124 cm³/mol. The third-order valence-electron chi connectivity index (χ3n) is 6.48. The molecule has 7 nitrogen and oxygen atoms in total. The first-order chi connectivity index (χ1) is 15.2. The molecule has 0 atom stereocenters. The standard InChI is InChI=1S/C24H32N6O/c1-3-12-30(21-8-11-26-28-21)23-19(4-2)20(24(18-25)9-6-5-7-10-24)17-22(27-23)29-13-15-31-16-14-29/h4,8,11,17H,2-3,5-7,9-10,12-16H2,1H3,(H,26,28). The molecule has 31 heavy (non-hydrogen) atoms. The van der Waals surface area contributed by atoms with Crippen LogP contribution in [0, 0.1) is 11.3 Å². The molecule has 1 aliphatic carbocycles. The van der Waals surface area contributed by atoms with Crippen molar-refractivity contribution in [2.75, 3.05) is 42.6 Å². The van der Waals surface area contributed by atoms with Crippen molar-refractivity contribution in [2.45, 2.75) is 50.9 Å². The van der Waals surface area contributed by atoms with Gasteiger partial charge in [-0.05, 0) is 30.9 Å². The summed E-state index contributed by atoms with van der Waals surface area (Å²) in [5.41, 5.74) is 1.53. The lowest BCUT2D eigenvalue weighted by atomic mass is 9.69. The van der Waals surface area contributed by atoms with Crippen LogP contribution in [0.25, 0.3) is 6.08 Å². The largest absolute Gasteiger partial charge is 0.378 e. The molecule has 0 amide bonds. The number of pyridine rings is 1. The number of aromatic amines is 1. The van der Waals surface area contributed by atoms with Gasteiger partial charge in [0.05, 0.1) is 30.9 Å². The Kier molecular flexibility index (Phi) is 6.57. The monoisotopic (exact) mass is 420 g/mol. The molecule has 1 N–H and O–H groups in total. The van der Waals surface area contributed by atoms with Crippen molar-refractivity contribution in [3.05, 3.63) is 36.0 Å². The minimum Gasteiger partial charge on any atom is -0.378 e. The lowest BCUT2D eigenvalue weighted by molar-refractivity contribution is 0.122. The Morgan fingerprint density at radius 3 is 2.71 bits per heavy atom. The number of nitriles is 1. The highest BCUT2D eigenvalue weighted by Crippen LogP contribution is 2.44. The molecular weight excluding hydrogens is 388 g/mol. The van der Waals surface area contributed by atoms with E-state index < -0.39 is 5.41 Å². The number of morpholine rings is 1. The van der Waals surface area contributed by atoms with Gasteiger partial charge in [0, 0.05) is 31.3 Å². The van der Waals surface area contributed by atoms with E-state index >= 15 is 0 Å². The Labute approximate surface area is 184 Å². The zero-order chi connectivity index (χ0) is 21.7. The molecule has 0 aromatic carbocycles. The molecule has 4 rings (SSSR count). The first-order valence-corrected chi connectivity index (χ1v) is 11.4. The molecule has 1 saturated carbocycles. The van der Waals surface area contributed by atoms with Gasteiger partial charge < -0.3 is 14.5 Å². The topological polar surface area (TPSA) is 81.1 Å². The summed E-state index contributed by atoms with van der Waals surface area (Å²) in [6.07, 6.45) is 9.71. The Morgan fingerprint density at radius 1 is 1.32 bits per heavy atom. The molecule has 0 radical (unpaired) electrons. The molecule has 1 saturated heterocycles. The quantitative estimate of drug-likeness (QED) is 0.707. The molecule has 3 heterocycles. The summed E-state index contributed by atoms with van der Waals surface area (Å²) in [5.74, 6) is 2.66. The average molecular weight is 421 g/mol. The van der Waals surface area contributed by atoms with Crippen LogP contribution in [0.3, 0.4) is 0 Å². The SMILES string of the molecule is C=Cc1c(C2(C#N)CCCCC2)cc(N2CCOCC2)nc1N(CCC)c1ccn[nH]1. The highest BCUT2D eigenvalue weighted by molar-refractivity contribution is 5.75. The summed E-state index contributed by atoms with van der Waals surface area (Å²) >= 11 is 0. The predicted octanol–water partition coefficient (Wildman–Crippen LogP) is 4.56. The number of nitrogens with one attached hydrogen (secondary N) is 1. The van der Waals surface area contributed by atoms with Crippen molar-refractivity contribution < 1.29 is 4.74 Å². The minimum atomic E-state index is -0.494. The van der Waals surface area contributed by atoms with Gasteiger partial charge in [-0.25, -0.2) is 4.98 Å². The lowest BCUT2D eigenvalue weighted by Crippen LogP contribution is -2.38. The fraction of sp³-hybridized carbons (Fsp3) is 0.542. The molecule has 2 fully saturated rings. The number of rotatable bonds is 7. The van der Waals surface area contributed by atoms with Gasteiger partial charge in [-0.3, -0.25) is 5.10 Å². The first kappa shape index (κ1) is 21.4. The van der Waals surface area contributed by atoms with Crippen molar-refractivity contribution in [3.63, 3.8) is 0 Å². The second-order valence-corrected chi connectivity index (χ2v) is 8.42. The van der Waals surface area contributed by atoms with E-state index in [0.717, 1.165) is 80.3 Å². The van der Waals surface area contributed by atoms with E-state index in [9.17, 15) is 5.26 Å². The maximum Gasteiger partial charge on any atom is 0.144 e. The summed E-state index contributed by atoms with van der Waals surface area (Å²) in [6.45, 7) is 10.1. The van der Waals surface area contributed by atoms with E-state index in [-0.39, 0.29) is 0 Å². The lowest BCUT2D eigenvalue weighted by Gasteiger charge is -2.36. The summed E-state index contributed by atoms with van der Waals surface area (Å²) in [4.78, 5) is 9.58. The molecule has 1 aliphatic heterocycles. The van der Waals surface area contributed by atoms with Crippen LogP contribution in [0.5, 0.6) is 0 Å². The Morgan fingerprint density at radius 2 is 2.10 bits per heavy atom. The molecule has 164 valence electrons. The summed E-state index contributed by atoms with van der Waals surface area (Å²) in [5, 5.41) is 17.6. The van der Waals surface area contributed by atoms with Gasteiger partial charge in [0.25, 0.3) is 0 Å². The molecule has 2 aromatic rings. The van der Waals surface area contributed by atoms with Crippen LogP contribution in [-0.2, 0) is 10.2 Å². The molecule has 2 aliphatic rings. The number of hydrogen-bond acceptors (Lipinski definition) is 6. The van der Waals surface area contributed by atoms with Crippen LogP contribution in [-0.4, -0.2) is 48.0 Å². The third kappa shape index (κ3) is 4.17. The van der Waals surface area contributed by atoms with E-state index in [0.29, 0.717) is 13.2 Å². The summed E-state index contributed by atoms with van der Waals surface area (Å²) in [7, 11) is 0. The average Bonchev–Trinajstić information content (AvgIpc) is 3.37. The Hall–Kier alpha value is -2.85. The van der Waals surface area contributed by atoms with Crippen molar-refractivity contribution in [1.29, 1.82) is 5.26 Å². The van der Waals surface area contributed by atoms with Gasteiger partial charge in [0.2, 0.25) is 0 Å². The fourth-order valence-corrected chi connectivity index (χ4v) is 4.85. The van der Waals surface area contributed by atoms with Crippen LogP contribution in [0.15, 0.2) is 24.9 Å². The smallest absolute Gasteiger partial charge is 0.144 e. The van der Waals surface area contributed by atoms with E-state index in [1.54, 1.807) is 6.20 Å². The van der Waals surface area contributed by atoms with Crippen molar-refractivity contribution in [1.82, 2.24) is 15.2 Å². The van der Waals surface area contributed by atoms with Gasteiger partial charge in [-0.2, -0.15) is 10.4 Å². The van der Waals surface area contributed by atoms with E-state index in [2.05, 4.69) is 45.6 Å². The van der Waals surface area contributed by atoms with Gasteiger partial charge in [0.1, 0.15) is 17.5 Å². The molecule has 0 unspecified atom stereocenters. The highest BCUT2D eigenvalue weighted by Gasteiger charge is 2.38. The van der Waals surface area contributed by atoms with Crippen molar-refractivity contribution in [2.24, 2.45) is 0 Å². The third-order valence-corrected chi connectivity index (χ3v) is 6.48. The number of nitrogens with zero attached hydrogens (tertiary/aromatic N) is 5. The van der Waals surface area contributed by atoms with Gasteiger partial charge in [-0.1, -0.05) is 38.8 Å².